The van der Waals surface area contributed by atoms with E-state index in [4.69, 9.17) is 10.5 Å². The van der Waals surface area contributed by atoms with Crippen LogP contribution < -0.4 is 5.73 Å². The van der Waals surface area contributed by atoms with Crippen molar-refractivity contribution in [1.29, 1.82) is 0 Å². The van der Waals surface area contributed by atoms with E-state index in [1.165, 1.54) is 0 Å². The molecule has 1 aliphatic rings. The fraction of sp³-hybridized carbons (Fsp3) is 0.556. The molecule has 2 heterocycles. The van der Waals surface area contributed by atoms with Crippen LogP contribution in [0.25, 0.3) is 0 Å². The summed E-state index contributed by atoms with van der Waals surface area (Å²) in [6.07, 6.45) is 2.04. The molecular weight excluding hydrogens is 246 g/mol. The highest BCUT2D eigenvalue weighted by molar-refractivity contribution is 9.10. The van der Waals surface area contributed by atoms with E-state index in [1.807, 2.05) is 6.07 Å². The summed E-state index contributed by atoms with van der Waals surface area (Å²) in [6, 6.07) is 1.96. The fourth-order valence-electron chi connectivity index (χ4n) is 1.58. The maximum absolute atomic E-state index is 5.57. The topological polar surface area (TPSA) is 61.0 Å². The van der Waals surface area contributed by atoms with Gasteiger partial charge in [0, 0.05) is 19.1 Å². The van der Waals surface area contributed by atoms with Gasteiger partial charge >= 0.3 is 0 Å². The molecular formula is C9H12BrN3O. The van der Waals surface area contributed by atoms with Crippen LogP contribution >= 0.6 is 15.9 Å². The number of hydrogen-bond acceptors (Lipinski definition) is 4. The van der Waals surface area contributed by atoms with Crippen molar-refractivity contribution in [2.45, 2.75) is 18.8 Å². The standard InChI is InChI=1S/C9H12BrN3O/c10-7-5-8(12-13-9(7)11)6-1-3-14-4-2-6/h5-6H,1-4H2,(H2,11,13). The maximum Gasteiger partial charge on any atom is 0.160 e. The molecule has 0 saturated carbocycles. The van der Waals surface area contributed by atoms with Gasteiger partial charge in [-0.3, -0.25) is 0 Å². The number of nitrogens with two attached hydrogens (primary N) is 1. The average molecular weight is 258 g/mol. The van der Waals surface area contributed by atoms with Crippen molar-refractivity contribution in [2.75, 3.05) is 18.9 Å². The van der Waals surface area contributed by atoms with Gasteiger partial charge in [-0.15, -0.1) is 5.10 Å². The molecule has 1 saturated heterocycles. The lowest BCUT2D eigenvalue weighted by molar-refractivity contribution is 0.0843. The third-order valence-electron chi connectivity index (χ3n) is 2.43. The fourth-order valence-corrected chi connectivity index (χ4v) is 1.90. The van der Waals surface area contributed by atoms with Gasteiger partial charge in [0.2, 0.25) is 0 Å². The summed E-state index contributed by atoms with van der Waals surface area (Å²) in [5.41, 5.74) is 6.58. The molecule has 5 heteroatoms. The Labute approximate surface area is 91.0 Å². The van der Waals surface area contributed by atoms with Crippen molar-refractivity contribution >= 4 is 21.7 Å². The predicted molar refractivity (Wildman–Crippen MR) is 56.9 cm³/mol. The van der Waals surface area contributed by atoms with Gasteiger partial charge in [0.15, 0.2) is 5.82 Å². The lowest BCUT2D eigenvalue weighted by Crippen LogP contribution is -2.15. The quantitative estimate of drug-likeness (QED) is 0.833. The molecule has 0 atom stereocenters. The van der Waals surface area contributed by atoms with Crippen LogP contribution in [-0.4, -0.2) is 23.4 Å². The first-order valence-electron chi connectivity index (χ1n) is 4.63. The largest absolute Gasteiger partial charge is 0.381 e. The summed E-state index contributed by atoms with van der Waals surface area (Å²) < 4.78 is 6.12. The molecule has 4 nitrogen and oxygen atoms in total. The molecule has 1 aliphatic heterocycles. The van der Waals surface area contributed by atoms with E-state index in [1.54, 1.807) is 0 Å². The zero-order chi connectivity index (χ0) is 9.97. The summed E-state index contributed by atoms with van der Waals surface area (Å²) >= 11 is 3.35. The Hall–Kier alpha value is -0.680. The Morgan fingerprint density at radius 3 is 2.71 bits per heavy atom. The van der Waals surface area contributed by atoms with Crippen molar-refractivity contribution < 1.29 is 4.74 Å². The van der Waals surface area contributed by atoms with Gasteiger partial charge in [-0.2, -0.15) is 5.10 Å². The summed E-state index contributed by atoms with van der Waals surface area (Å²) in [7, 11) is 0. The molecule has 0 amide bonds. The van der Waals surface area contributed by atoms with Crippen LogP contribution in [0, 0.1) is 0 Å². The number of ether oxygens (including phenoxy) is 1. The smallest absolute Gasteiger partial charge is 0.160 e. The molecule has 0 aromatic carbocycles. The van der Waals surface area contributed by atoms with Crippen LogP contribution in [0.3, 0.4) is 0 Å². The monoisotopic (exact) mass is 257 g/mol. The van der Waals surface area contributed by atoms with E-state index in [0.29, 0.717) is 11.7 Å². The predicted octanol–water partition coefficient (Wildman–Crippen LogP) is 1.72. The lowest BCUT2D eigenvalue weighted by atomic mass is 9.96. The molecule has 76 valence electrons. The number of nitrogens with zero attached hydrogens (tertiary/aromatic N) is 2. The van der Waals surface area contributed by atoms with Gasteiger partial charge in [-0.05, 0) is 34.8 Å². The second-order valence-corrected chi connectivity index (χ2v) is 4.24. The molecule has 1 fully saturated rings. The highest BCUT2D eigenvalue weighted by Gasteiger charge is 2.18. The first-order chi connectivity index (χ1) is 6.77. The molecule has 2 N–H and O–H groups in total. The van der Waals surface area contributed by atoms with Crippen molar-refractivity contribution in [3.63, 3.8) is 0 Å². The Bertz CT molecular complexity index is 326. The molecule has 0 aliphatic carbocycles. The first-order valence-corrected chi connectivity index (χ1v) is 5.43. The Balaban J connectivity index is 2.18. The minimum absolute atomic E-state index is 0.445. The molecule has 0 unspecified atom stereocenters. The average Bonchev–Trinajstić information content (AvgIpc) is 2.23. The van der Waals surface area contributed by atoms with E-state index in [9.17, 15) is 0 Å². The van der Waals surface area contributed by atoms with Crippen molar-refractivity contribution in [3.05, 3.63) is 16.2 Å². The van der Waals surface area contributed by atoms with Gasteiger partial charge in [0.1, 0.15) is 0 Å². The molecule has 0 bridgehead atoms. The molecule has 1 aromatic heterocycles. The number of rotatable bonds is 1. The van der Waals surface area contributed by atoms with E-state index < -0.39 is 0 Å². The van der Waals surface area contributed by atoms with Gasteiger partial charge < -0.3 is 10.5 Å². The number of hydrogen-bond donors (Lipinski definition) is 1. The van der Waals surface area contributed by atoms with Crippen molar-refractivity contribution in [3.8, 4) is 0 Å². The van der Waals surface area contributed by atoms with E-state index in [0.717, 1.165) is 36.2 Å². The minimum Gasteiger partial charge on any atom is -0.381 e. The molecule has 0 spiro atoms. The molecule has 0 radical (unpaired) electrons. The van der Waals surface area contributed by atoms with Crippen LogP contribution in [-0.2, 0) is 4.74 Å². The minimum atomic E-state index is 0.445. The van der Waals surface area contributed by atoms with Crippen molar-refractivity contribution in [2.24, 2.45) is 0 Å². The highest BCUT2D eigenvalue weighted by atomic mass is 79.9. The van der Waals surface area contributed by atoms with Gasteiger partial charge in [-0.25, -0.2) is 0 Å². The van der Waals surface area contributed by atoms with Gasteiger partial charge in [0.05, 0.1) is 10.2 Å². The normalized spacial score (nSPS) is 18.4. The van der Waals surface area contributed by atoms with Gasteiger partial charge in [0.25, 0.3) is 0 Å². The lowest BCUT2D eigenvalue weighted by Gasteiger charge is -2.21. The molecule has 1 aromatic rings. The van der Waals surface area contributed by atoms with Crippen molar-refractivity contribution in [1.82, 2.24) is 10.2 Å². The zero-order valence-corrected chi connectivity index (χ0v) is 9.33. The Kier molecular flexibility index (Phi) is 2.98. The molecule has 14 heavy (non-hydrogen) atoms. The van der Waals surface area contributed by atoms with E-state index in [2.05, 4.69) is 26.1 Å². The second kappa shape index (κ2) is 4.23. The number of aromatic nitrogens is 2. The summed E-state index contributed by atoms with van der Waals surface area (Å²) in [5.74, 6) is 0.911. The van der Waals surface area contributed by atoms with Crippen LogP contribution in [0.1, 0.15) is 24.5 Å². The molecule has 2 rings (SSSR count). The van der Waals surface area contributed by atoms with E-state index in [-0.39, 0.29) is 0 Å². The number of halogens is 1. The SMILES string of the molecule is Nc1nnc(C2CCOCC2)cc1Br. The Morgan fingerprint density at radius 2 is 2.07 bits per heavy atom. The summed E-state index contributed by atoms with van der Waals surface area (Å²) in [4.78, 5) is 0. The van der Waals surface area contributed by atoms with Crippen LogP contribution in [0.4, 0.5) is 5.82 Å². The second-order valence-electron chi connectivity index (χ2n) is 3.39. The van der Waals surface area contributed by atoms with E-state index >= 15 is 0 Å². The van der Waals surface area contributed by atoms with Crippen LogP contribution in [0.5, 0.6) is 0 Å². The van der Waals surface area contributed by atoms with Crippen LogP contribution in [0.2, 0.25) is 0 Å². The first kappa shape index (κ1) is 9.86. The number of anilines is 1. The summed E-state index contributed by atoms with van der Waals surface area (Å²) in [6.45, 7) is 1.63. The highest BCUT2D eigenvalue weighted by Crippen LogP contribution is 2.27. The zero-order valence-electron chi connectivity index (χ0n) is 7.74. The van der Waals surface area contributed by atoms with Crippen LogP contribution in [0.15, 0.2) is 10.5 Å². The third-order valence-corrected chi connectivity index (χ3v) is 3.07. The summed E-state index contributed by atoms with van der Waals surface area (Å²) in [5, 5.41) is 8.00. The third kappa shape index (κ3) is 2.04. The maximum atomic E-state index is 5.57. The number of nitrogen functional groups attached to an aromatic ring is 1. The van der Waals surface area contributed by atoms with Gasteiger partial charge in [-0.1, -0.05) is 0 Å². The Morgan fingerprint density at radius 1 is 1.36 bits per heavy atom.